The van der Waals surface area contributed by atoms with E-state index in [1.807, 2.05) is 31.2 Å². The van der Waals surface area contributed by atoms with Gasteiger partial charge in [0.25, 0.3) is 5.78 Å². The second-order valence-corrected chi connectivity index (χ2v) is 7.43. The van der Waals surface area contributed by atoms with Crippen molar-refractivity contribution >= 4 is 17.5 Å². The fraction of sp³-hybridized carbons (Fsp3) is 0.400. The molecule has 158 valence electrons. The molecule has 0 spiro atoms. The lowest BCUT2D eigenvalue weighted by Gasteiger charge is -2.33. The highest BCUT2D eigenvalue weighted by molar-refractivity contribution is 5.79. The van der Waals surface area contributed by atoms with E-state index in [2.05, 4.69) is 20.4 Å². The lowest BCUT2D eigenvalue weighted by atomic mass is 9.95. The minimum atomic E-state index is -4.57. The van der Waals surface area contributed by atoms with Gasteiger partial charge >= 0.3 is 6.18 Å². The van der Waals surface area contributed by atoms with E-state index < -0.39 is 11.9 Å². The first kappa shape index (κ1) is 20.1. The Hall–Kier alpha value is -3.17. The highest BCUT2D eigenvalue weighted by Crippen LogP contribution is 2.32. The summed E-state index contributed by atoms with van der Waals surface area (Å²) in [6.45, 7) is 3.35. The van der Waals surface area contributed by atoms with Crippen LogP contribution in [0.15, 0.2) is 36.7 Å². The number of hydrogen-bond acceptors (Lipinski definition) is 5. The Bertz CT molecular complexity index is 1040. The maximum Gasteiger partial charge on any atom is 0.433 e. The van der Waals surface area contributed by atoms with E-state index in [0.717, 1.165) is 17.2 Å². The zero-order valence-electron chi connectivity index (χ0n) is 16.4. The van der Waals surface area contributed by atoms with Crippen molar-refractivity contribution in [3.05, 3.63) is 53.5 Å². The Morgan fingerprint density at radius 1 is 1.20 bits per heavy atom. The molecule has 4 rings (SSSR count). The molecule has 10 heteroatoms. The molecule has 2 aromatic heterocycles. The third kappa shape index (κ3) is 4.22. The van der Waals surface area contributed by atoms with Gasteiger partial charge in [0, 0.05) is 31.6 Å². The summed E-state index contributed by atoms with van der Waals surface area (Å²) in [4.78, 5) is 21.7. The number of carbonyl (C=O) groups excluding carboxylic acids is 1. The molecule has 1 saturated heterocycles. The summed E-state index contributed by atoms with van der Waals surface area (Å²) in [5.41, 5.74) is 1.18. The summed E-state index contributed by atoms with van der Waals surface area (Å²) < 4.78 is 40.9. The van der Waals surface area contributed by atoms with E-state index in [0.29, 0.717) is 32.5 Å². The molecule has 0 aliphatic carbocycles. The summed E-state index contributed by atoms with van der Waals surface area (Å²) in [5, 5.41) is 6.95. The van der Waals surface area contributed by atoms with Crippen molar-refractivity contribution in [3.63, 3.8) is 0 Å². The molecular weight excluding hydrogens is 397 g/mol. The van der Waals surface area contributed by atoms with Crippen molar-refractivity contribution in [1.82, 2.24) is 24.9 Å². The van der Waals surface area contributed by atoms with Crippen LogP contribution in [0, 0.1) is 12.8 Å². The average Bonchev–Trinajstić information content (AvgIpc) is 3.21. The Labute approximate surface area is 170 Å². The quantitative estimate of drug-likeness (QED) is 0.705. The summed E-state index contributed by atoms with van der Waals surface area (Å²) >= 11 is 0. The molecule has 0 bridgehead atoms. The van der Waals surface area contributed by atoms with Crippen LogP contribution < -0.4 is 10.2 Å². The van der Waals surface area contributed by atoms with Crippen LogP contribution >= 0.6 is 0 Å². The normalized spacial score (nSPS) is 15.5. The molecule has 1 aliphatic rings. The third-order valence-electron chi connectivity index (χ3n) is 5.30. The van der Waals surface area contributed by atoms with Gasteiger partial charge in [-0.05, 0) is 25.3 Å². The molecule has 1 N–H and O–H groups in total. The topological polar surface area (TPSA) is 75.4 Å². The highest BCUT2D eigenvalue weighted by atomic mass is 19.4. The van der Waals surface area contributed by atoms with Crippen LogP contribution in [0.5, 0.6) is 0 Å². The van der Waals surface area contributed by atoms with Crippen molar-refractivity contribution in [2.24, 2.45) is 5.92 Å². The van der Waals surface area contributed by atoms with Gasteiger partial charge in [0.05, 0.1) is 0 Å². The van der Waals surface area contributed by atoms with Crippen molar-refractivity contribution < 1.29 is 18.0 Å². The smallest absolute Gasteiger partial charge is 0.356 e. The van der Waals surface area contributed by atoms with Crippen molar-refractivity contribution in [2.45, 2.75) is 32.5 Å². The van der Waals surface area contributed by atoms with Crippen molar-refractivity contribution in [1.29, 1.82) is 0 Å². The monoisotopic (exact) mass is 418 g/mol. The molecule has 1 amide bonds. The number of halogens is 3. The number of fused-ring (bicyclic) bond motifs is 1. The van der Waals surface area contributed by atoms with E-state index >= 15 is 0 Å². The minimum Gasteiger partial charge on any atom is -0.356 e. The van der Waals surface area contributed by atoms with Crippen LogP contribution in [-0.2, 0) is 17.5 Å². The number of anilines is 1. The van der Waals surface area contributed by atoms with Gasteiger partial charge in [0.15, 0.2) is 5.69 Å². The summed E-state index contributed by atoms with van der Waals surface area (Å²) in [5.74, 6) is -0.0326. The van der Waals surface area contributed by atoms with Gasteiger partial charge in [0.2, 0.25) is 5.91 Å². The van der Waals surface area contributed by atoms with Gasteiger partial charge in [0.1, 0.15) is 12.1 Å². The van der Waals surface area contributed by atoms with E-state index in [1.54, 1.807) is 4.90 Å². The fourth-order valence-electron chi connectivity index (χ4n) is 3.58. The summed E-state index contributed by atoms with van der Waals surface area (Å²) in [6, 6.07) is 8.93. The molecule has 3 aromatic rings. The zero-order valence-corrected chi connectivity index (χ0v) is 16.4. The lowest BCUT2D eigenvalue weighted by molar-refractivity contribution is -0.141. The molecule has 1 aliphatic heterocycles. The number of hydrogen-bond donors (Lipinski definition) is 1. The van der Waals surface area contributed by atoms with E-state index in [9.17, 15) is 18.0 Å². The van der Waals surface area contributed by atoms with E-state index in [-0.39, 0.29) is 23.4 Å². The molecule has 0 unspecified atom stereocenters. The number of piperidine rings is 1. The Morgan fingerprint density at radius 3 is 2.57 bits per heavy atom. The molecular formula is C20H21F3N6O. The zero-order chi connectivity index (χ0) is 21.3. The molecule has 0 atom stereocenters. The molecule has 1 aromatic carbocycles. The number of benzene rings is 1. The first-order valence-electron chi connectivity index (χ1n) is 9.67. The predicted molar refractivity (Wildman–Crippen MR) is 104 cm³/mol. The molecule has 3 heterocycles. The molecule has 0 radical (unpaired) electrons. The minimum absolute atomic E-state index is 0.0353. The van der Waals surface area contributed by atoms with Crippen LogP contribution in [0.25, 0.3) is 5.78 Å². The van der Waals surface area contributed by atoms with E-state index in [1.165, 1.54) is 10.8 Å². The Kier molecular flexibility index (Phi) is 5.31. The van der Waals surface area contributed by atoms with Gasteiger partial charge in [-0.25, -0.2) is 4.98 Å². The van der Waals surface area contributed by atoms with E-state index in [4.69, 9.17) is 0 Å². The highest BCUT2D eigenvalue weighted by Gasteiger charge is 2.35. The number of rotatable bonds is 4. The van der Waals surface area contributed by atoms with Gasteiger partial charge < -0.3 is 10.2 Å². The standard InChI is InChI=1S/C20H21F3N6O/c1-13-2-4-14(5-3-13)11-24-18(30)15-6-8-28(9-7-15)17-10-16(20(21,22)23)27-19-25-12-26-29(17)19/h2-5,10,12,15H,6-9,11H2,1H3,(H,24,30). The first-order valence-corrected chi connectivity index (χ1v) is 9.67. The van der Waals surface area contributed by atoms with Crippen molar-refractivity contribution in [3.8, 4) is 0 Å². The molecule has 30 heavy (non-hydrogen) atoms. The first-order chi connectivity index (χ1) is 14.3. The maximum atomic E-state index is 13.2. The molecule has 7 nitrogen and oxygen atoms in total. The van der Waals surface area contributed by atoms with Crippen LogP contribution in [0.4, 0.5) is 19.0 Å². The van der Waals surface area contributed by atoms with Gasteiger partial charge in [-0.2, -0.15) is 27.8 Å². The van der Waals surface area contributed by atoms with Gasteiger partial charge in [-0.3, -0.25) is 4.79 Å². The van der Waals surface area contributed by atoms with Crippen LogP contribution in [0.1, 0.15) is 29.7 Å². The molecule has 0 saturated carbocycles. The fourth-order valence-corrected chi connectivity index (χ4v) is 3.58. The number of aryl methyl sites for hydroxylation is 1. The van der Waals surface area contributed by atoms with Crippen LogP contribution in [0.3, 0.4) is 0 Å². The SMILES string of the molecule is Cc1ccc(CNC(=O)C2CCN(c3cc(C(F)(F)F)nc4ncnn34)CC2)cc1. The summed E-state index contributed by atoms with van der Waals surface area (Å²) in [7, 11) is 0. The number of aromatic nitrogens is 4. The average molecular weight is 418 g/mol. The van der Waals surface area contributed by atoms with Gasteiger partial charge in [-0.1, -0.05) is 29.8 Å². The number of carbonyl (C=O) groups is 1. The Balaban J connectivity index is 1.41. The summed E-state index contributed by atoms with van der Waals surface area (Å²) in [6.07, 6.45) is -2.31. The number of amides is 1. The predicted octanol–water partition coefficient (Wildman–Crippen LogP) is 2.98. The van der Waals surface area contributed by atoms with Crippen LogP contribution in [0.2, 0.25) is 0 Å². The largest absolute Gasteiger partial charge is 0.433 e. The van der Waals surface area contributed by atoms with Gasteiger partial charge in [-0.15, -0.1) is 0 Å². The number of nitrogens with zero attached hydrogens (tertiary/aromatic N) is 5. The second-order valence-electron chi connectivity index (χ2n) is 7.43. The Morgan fingerprint density at radius 2 is 1.90 bits per heavy atom. The van der Waals surface area contributed by atoms with Crippen LogP contribution in [-0.4, -0.2) is 38.6 Å². The second kappa shape index (κ2) is 7.92. The number of alkyl halides is 3. The number of nitrogens with one attached hydrogen (secondary N) is 1. The maximum absolute atomic E-state index is 13.2. The van der Waals surface area contributed by atoms with Crippen molar-refractivity contribution in [2.75, 3.05) is 18.0 Å². The third-order valence-corrected chi connectivity index (χ3v) is 5.30. The lowest BCUT2D eigenvalue weighted by Crippen LogP contribution is -2.41. The molecule has 1 fully saturated rings.